The molecule has 0 bridgehead atoms. The van der Waals surface area contributed by atoms with Gasteiger partial charge in [-0.15, -0.1) is 0 Å². The lowest BCUT2D eigenvalue weighted by molar-refractivity contribution is -0.150. The summed E-state index contributed by atoms with van der Waals surface area (Å²) in [6.07, 6.45) is 10.6. The molecule has 0 fully saturated rings. The van der Waals surface area contributed by atoms with Crippen LogP contribution < -0.4 is 0 Å². The Morgan fingerprint density at radius 2 is 1.70 bits per heavy atom. The Labute approximate surface area is 139 Å². The van der Waals surface area contributed by atoms with Crippen molar-refractivity contribution in [1.29, 1.82) is 0 Å². The van der Waals surface area contributed by atoms with E-state index < -0.39 is 11.7 Å². The highest BCUT2D eigenvalue weighted by atomic mass is 16.6. The van der Waals surface area contributed by atoms with E-state index in [1.54, 1.807) is 32.1 Å². The second-order valence-corrected chi connectivity index (χ2v) is 5.99. The molecule has 0 rings (SSSR count). The zero-order chi connectivity index (χ0) is 18.0. The van der Waals surface area contributed by atoms with Gasteiger partial charge in [0.05, 0.1) is 0 Å². The molecule has 0 aromatic rings. The molecular weight excluding hydrogens is 292 g/mol. The summed E-state index contributed by atoms with van der Waals surface area (Å²) in [5.41, 5.74) is 0.288. The molecule has 0 saturated heterocycles. The fraction of sp³-hybridized carbons (Fsp3) is 0.474. The number of esters is 2. The van der Waals surface area contributed by atoms with Gasteiger partial charge in [0.1, 0.15) is 11.7 Å². The van der Waals surface area contributed by atoms with Crippen LogP contribution in [0.4, 0.5) is 0 Å². The van der Waals surface area contributed by atoms with Gasteiger partial charge in [-0.25, -0.2) is 0 Å². The highest BCUT2D eigenvalue weighted by molar-refractivity contribution is 5.67. The Balaban J connectivity index is 5.10. The van der Waals surface area contributed by atoms with E-state index in [1.807, 2.05) is 32.1 Å². The van der Waals surface area contributed by atoms with Gasteiger partial charge in [-0.2, -0.15) is 0 Å². The third kappa shape index (κ3) is 10.3. The molecule has 0 saturated carbocycles. The van der Waals surface area contributed by atoms with Gasteiger partial charge in [-0.3, -0.25) is 9.59 Å². The third-order valence-electron chi connectivity index (χ3n) is 3.01. The molecule has 0 aliphatic carbocycles. The standard InChI is InChI=1S/C19H28O4/c1-8-14(2)10-9-11-15(3)18(22-16(4)20)12-13-19(6,7)23-17(5)21/h8-13,15,18H,1H2,2-7H3/b11-9+,13-12+,14-10+. The zero-order valence-electron chi connectivity index (χ0n) is 15.0. The fourth-order valence-electron chi connectivity index (χ4n) is 1.80. The first-order chi connectivity index (χ1) is 10.6. The summed E-state index contributed by atoms with van der Waals surface area (Å²) < 4.78 is 10.5. The van der Waals surface area contributed by atoms with Crippen LogP contribution in [0.1, 0.15) is 41.5 Å². The van der Waals surface area contributed by atoms with Gasteiger partial charge in [-0.1, -0.05) is 43.4 Å². The first-order valence-corrected chi connectivity index (χ1v) is 7.61. The predicted octanol–water partition coefficient (Wildman–Crippen LogP) is 4.14. The Morgan fingerprint density at radius 3 is 2.17 bits per heavy atom. The van der Waals surface area contributed by atoms with Crippen LogP contribution in [0.25, 0.3) is 0 Å². The van der Waals surface area contributed by atoms with Crippen molar-refractivity contribution >= 4 is 11.9 Å². The molecule has 0 aromatic carbocycles. The highest BCUT2D eigenvalue weighted by Gasteiger charge is 2.20. The Bertz CT molecular complexity index is 509. The van der Waals surface area contributed by atoms with Crippen LogP contribution in [-0.2, 0) is 19.1 Å². The Kier molecular flexibility index (Phi) is 8.93. The predicted molar refractivity (Wildman–Crippen MR) is 92.8 cm³/mol. The van der Waals surface area contributed by atoms with E-state index in [9.17, 15) is 9.59 Å². The monoisotopic (exact) mass is 320 g/mol. The maximum atomic E-state index is 11.3. The van der Waals surface area contributed by atoms with Crippen molar-refractivity contribution in [2.24, 2.45) is 5.92 Å². The van der Waals surface area contributed by atoms with E-state index in [2.05, 4.69) is 6.58 Å². The molecule has 23 heavy (non-hydrogen) atoms. The molecule has 4 nitrogen and oxygen atoms in total. The Hall–Kier alpha value is -2.10. The molecule has 2 unspecified atom stereocenters. The van der Waals surface area contributed by atoms with E-state index in [4.69, 9.17) is 9.47 Å². The smallest absolute Gasteiger partial charge is 0.303 e. The molecule has 0 amide bonds. The van der Waals surface area contributed by atoms with Crippen molar-refractivity contribution in [3.63, 3.8) is 0 Å². The summed E-state index contributed by atoms with van der Waals surface area (Å²) in [7, 11) is 0. The lowest BCUT2D eigenvalue weighted by atomic mass is 10.0. The maximum absolute atomic E-state index is 11.3. The lowest BCUT2D eigenvalue weighted by Crippen LogP contribution is -2.26. The van der Waals surface area contributed by atoms with Crippen LogP contribution in [-0.4, -0.2) is 23.6 Å². The minimum Gasteiger partial charge on any atom is -0.458 e. The molecule has 0 radical (unpaired) electrons. The highest BCUT2D eigenvalue weighted by Crippen LogP contribution is 2.17. The largest absolute Gasteiger partial charge is 0.458 e. The van der Waals surface area contributed by atoms with Crippen molar-refractivity contribution in [3.8, 4) is 0 Å². The van der Waals surface area contributed by atoms with Crippen LogP contribution in [0.15, 0.2) is 48.6 Å². The van der Waals surface area contributed by atoms with E-state index >= 15 is 0 Å². The molecule has 0 aliphatic rings. The van der Waals surface area contributed by atoms with Crippen LogP contribution in [0, 0.1) is 5.92 Å². The topological polar surface area (TPSA) is 52.6 Å². The molecular formula is C19H28O4. The maximum Gasteiger partial charge on any atom is 0.303 e. The van der Waals surface area contributed by atoms with Crippen molar-refractivity contribution in [2.75, 3.05) is 0 Å². The van der Waals surface area contributed by atoms with Gasteiger partial charge in [0.15, 0.2) is 0 Å². The zero-order valence-corrected chi connectivity index (χ0v) is 15.0. The average molecular weight is 320 g/mol. The molecule has 0 aliphatic heterocycles. The van der Waals surface area contributed by atoms with E-state index in [-0.39, 0.29) is 17.9 Å². The van der Waals surface area contributed by atoms with E-state index in [0.29, 0.717) is 0 Å². The van der Waals surface area contributed by atoms with Gasteiger partial charge in [0.2, 0.25) is 0 Å². The quantitative estimate of drug-likeness (QED) is 0.383. The first kappa shape index (κ1) is 20.9. The lowest BCUT2D eigenvalue weighted by Gasteiger charge is -2.23. The second kappa shape index (κ2) is 9.82. The molecule has 0 N–H and O–H groups in total. The van der Waals surface area contributed by atoms with Gasteiger partial charge in [0, 0.05) is 19.8 Å². The van der Waals surface area contributed by atoms with Gasteiger partial charge >= 0.3 is 11.9 Å². The van der Waals surface area contributed by atoms with Crippen molar-refractivity contribution in [1.82, 2.24) is 0 Å². The number of rotatable bonds is 8. The summed E-state index contributed by atoms with van der Waals surface area (Å²) in [6.45, 7) is 13.9. The number of ether oxygens (including phenoxy) is 2. The summed E-state index contributed by atoms with van der Waals surface area (Å²) in [5.74, 6) is -0.748. The normalized spacial score (nSPS) is 15.5. The fourth-order valence-corrected chi connectivity index (χ4v) is 1.80. The van der Waals surface area contributed by atoms with Crippen molar-refractivity contribution < 1.29 is 19.1 Å². The van der Waals surface area contributed by atoms with Crippen LogP contribution in [0.5, 0.6) is 0 Å². The van der Waals surface area contributed by atoms with Crippen molar-refractivity contribution in [2.45, 2.75) is 53.2 Å². The second-order valence-electron chi connectivity index (χ2n) is 5.99. The van der Waals surface area contributed by atoms with Crippen LogP contribution in [0.2, 0.25) is 0 Å². The minimum atomic E-state index is -0.757. The summed E-state index contributed by atoms with van der Waals surface area (Å²) in [5, 5.41) is 0. The number of carbonyl (C=O) groups is 2. The molecule has 2 atom stereocenters. The third-order valence-corrected chi connectivity index (χ3v) is 3.01. The van der Waals surface area contributed by atoms with Crippen LogP contribution >= 0.6 is 0 Å². The van der Waals surface area contributed by atoms with Gasteiger partial charge < -0.3 is 9.47 Å². The molecule has 128 valence electrons. The average Bonchev–Trinajstić information content (AvgIpc) is 2.41. The van der Waals surface area contributed by atoms with Crippen LogP contribution in [0.3, 0.4) is 0 Å². The minimum absolute atomic E-state index is 0.0304. The van der Waals surface area contributed by atoms with Gasteiger partial charge in [-0.05, 0) is 32.9 Å². The summed E-state index contributed by atoms with van der Waals surface area (Å²) in [6, 6.07) is 0. The van der Waals surface area contributed by atoms with Crippen molar-refractivity contribution in [3.05, 3.63) is 48.6 Å². The Morgan fingerprint density at radius 1 is 1.09 bits per heavy atom. The summed E-state index contributed by atoms with van der Waals surface area (Å²) in [4.78, 5) is 22.4. The first-order valence-electron chi connectivity index (χ1n) is 7.61. The SMILES string of the molecule is C=C/C(C)=C/C=C/C(C)C(/C=C/C(C)(C)OC(C)=O)OC(C)=O. The number of hydrogen-bond acceptors (Lipinski definition) is 4. The molecule has 0 spiro atoms. The molecule has 0 heterocycles. The van der Waals surface area contributed by atoms with E-state index in [1.165, 1.54) is 13.8 Å². The summed E-state index contributed by atoms with van der Waals surface area (Å²) >= 11 is 0. The van der Waals surface area contributed by atoms with E-state index in [0.717, 1.165) is 5.57 Å². The number of hydrogen-bond donors (Lipinski definition) is 0. The van der Waals surface area contributed by atoms with Gasteiger partial charge in [0.25, 0.3) is 0 Å². The number of carbonyl (C=O) groups excluding carboxylic acids is 2. The molecule has 4 heteroatoms. The molecule has 0 aromatic heterocycles. The number of allylic oxidation sites excluding steroid dienone is 4.